The minimum atomic E-state index is 0.582. The molecule has 0 atom stereocenters. The fourth-order valence-corrected chi connectivity index (χ4v) is 15.3. The van der Waals surface area contributed by atoms with Crippen LogP contribution in [0.25, 0.3) is 163 Å². The van der Waals surface area contributed by atoms with Gasteiger partial charge in [-0.3, -0.25) is 0 Å². The van der Waals surface area contributed by atoms with E-state index in [0.29, 0.717) is 33.1 Å². The third kappa shape index (κ3) is 9.30. The molecule has 0 aliphatic carbocycles. The summed E-state index contributed by atoms with van der Waals surface area (Å²) in [5, 5.41) is 12.7. The van der Waals surface area contributed by atoms with Crippen LogP contribution in [0, 0.1) is 0 Å². The van der Waals surface area contributed by atoms with Crippen LogP contribution < -0.4 is 0 Å². The Labute approximate surface area is 507 Å². The Morgan fingerprint density at radius 3 is 0.405 bits per heavy atom. The van der Waals surface area contributed by atoms with Crippen molar-refractivity contribution in [1.82, 2.24) is 29.9 Å². The van der Waals surface area contributed by atoms with Crippen molar-refractivity contribution < 1.29 is 0 Å². The molecule has 9 heterocycles. The summed E-state index contributed by atoms with van der Waals surface area (Å²) in [5.74, 6) is 0. The number of fused-ring (bicyclic) bond motifs is 6. The van der Waals surface area contributed by atoms with Crippen LogP contribution in [0.15, 0.2) is 251 Å². The Bertz CT molecular complexity index is 4110. The summed E-state index contributed by atoms with van der Waals surface area (Å²) < 4.78 is 0. The van der Waals surface area contributed by atoms with Crippen molar-refractivity contribution in [2.45, 2.75) is 0 Å². The maximum Gasteiger partial charge on any atom is 0.120 e. The van der Waals surface area contributed by atoms with Gasteiger partial charge < -0.3 is 0 Å². The number of hydrogen-bond donors (Lipinski definition) is 0. The van der Waals surface area contributed by atoms with E-state index in [2.05, 4.69) is 251 Å². The molecule has 0 aliphatic rings. The van der Waals surface area contributed by atoms with Crippen LogP contribution >= 0.6 is 68.0 Å². The van der Waals surface area contributed by atoms with Crippen molar-refractivity contribution in [2.75, 3.05) is 0 Å². The van der Waals surface area contributed by atoms with Gasteiger partial charge in [0, 0.05) is 62.6 Å². The van der Waals surface area contributed by atoms with Crippen molar-refractivity contribution in [3.05, 3.63) is 251 Å². The van der Waals surface area contributed by atoms with Crippen molar-refractivity contribution in [2.24, 2.45) is 0 Å². The lowest BCUT2D eigenvalue weighted by Crippen LogP contribution is -2.04. The second-order valence-electron chi connectivity index (χ2n) is 20.2. The largest absolute Gasteiger partial charge is 0.241 e. The van der Waals surface area contributed by atoms with Crippen molar-refractivity contribution in [3.63, 3.8) is 0 Å². The molecule has 7 aromatic carbocycles. The van der Waals surface area contributed by atoms with Gasteiger partial charge in [0.15, 0.2) is 0 Å². The molecule has 12 heteroatoms. The first-order chi connectivity index (χ1) is 41.6. The van der Waals surface area contributed by atoms with E-state index in [4.69, 9.17) is 29.9 Å². The maximum absolute atomic E-state index is 5.82. The van der Waals surface area contributed by atoms with Gasteiger partial charge in [-0.2, -0.15) is 0 Å². The van der Waals surface area contributed by atoms with Crippen LogP contribution in [-0.4, -0.2) is 29.9 Å². The predicted octanol–water partition coefficient (Wildman–Crippen LogP) is 21.9. The van der Waals surface area contributed by atoms with Gasteiger partial charge in [0.05, 0.1) is 34.2 Å². The standard InChI is InChI=1S/C72H42N6S6/c1-7-55(79-37-1)43-13-25-49(26-14-43)61-62(50-27-15-44(16-28-50)56-8-2-38-80-56)74-68-67(73-61)69-71(77-64(52-31-19-46(20-32-52)58-10-4-40-82-58)63(75-69)51-29-17-45(18-30-51)57-9-3-39-81-57)72-70(68)76-65(53-33-21-47(22-34-53)59-11-5-41-83-59)66(78-72)54-35-23-48(24-36-54)60-12-6-42-84-60/h1-42H. The van der Waals surface area contributed by atoms with E-state index in [0.717, 1.165) is 101 Å². The predicted molar refractivity (Wildman–Crippen MR) is 358 cm³/mol. The number of benzene rings is 7. The summed E-state index contributed by atoms with van der Waals surface area (Å²) in [6.45, 7) is 0. The van der Waals surface area contributed by atoms with Crippen molar-refractivity contribution in [1.29, 1.82) is 0 Å². The van der Waals surface area contributed by atoms with Gasteiger partial charge in [-0.15, -0.1) is 68.0 Å². The average Bonchev–Trinajstić information content (AvgIpc) is 2.62. The Balaban J connectivity index is 1.01. The van der Waals surface area contributed by atoms with E-state index in [1.165, 1.54) is 29.3 Å². The van der Waals surface area contributed by atoms with E-state index in [1.807, 2.05) is 0 Å². The fraction of sp³-hybridized carbons (Fsp3) is 0. The quantitative estimate of drug-likeness (QED) is 0.113. The molecule has 0 unspecified atom stereocenters. The van der Waals surface area contributed by atoms with E-state index < -0.39 is 0 Å². The van der Waals surface area contributed by atoms with Gasteiger partial charge in [0.2, 0.25) is 0 Å². The van der Waals surface area contributed by atoms with Gasteiger partial charge in [-0.25, -0.2) is 29.9 Å². The summed E-state index contributed by atoms with van der Waals surface area (Å²) >= 11 is 10.4. The second-order valence-corrected chi connectivity index (χ2v) is 25.9. The molecular formula is C72H42N6S6. The van der Waals surface area contributed by atoms with Gasteiger partial charge in [-0.1, -0.05) is 182 Å². The van der Waals surface area contributed by atoms with Crippen molar-refractivity contribution in [3.8, 4) is 130 Å². The van der Waals surface area contributed by atoms with Crippen LogP contribution in [0.5, 0.6) is 0 Å². The molecule has 0 fully saturated rings. The maximum atomic E-state index is 5.82. The second kappa shape index (κ2) is 21.5. The molecule has 396 valence electrons. The molecule has 84 heavy (non-hydrogen) atoms. The summed E-state index contributed by atoms with van der Waals surface area (Å²) in [6.07, 6.45) is 0. The first-order valence-electron chi connectivity index (χ1n) is 27.2. The van der Waals surface area contributed by atoms with Gasteiger partial charge >= 0.3 is 0 Å². The Kier molecular flexibility index (Phi) is 12.9. The van der Waals surface area contributed by atoms with Crippen molar-refractivity contribution >= 4 is 101 Å². The number of hydrogen-bond acceptors (Lipinski definition) is 12. The van der Waals surface area contributed by atoms with E-state index in [1.54, 1.807) is 68.0 Å². The molecule has 16 rings (SSSR count). The third-order valence-electron chi connectivity index (χ3n) is 15.1. The highest BCUT2D eigenvalue weighted by atomic mass is 32.1. The van der Waals surface area contributed by atoms with Crippen LogP contribution in [0.1, 0.15) is 0 Å². The smallest absolute Gasteiger partial charge is 0.120 e. The first-order valence-corrected chi connectivity index (χ1v) is 32.5. The average molecular weight is 1180 g/mol. The topological polar surface area (TPSA) is 77.3 Å². The van der Waals surface area contributed by atoms with E-state index >= 15 is 0 Å². The van der Waals surface area contributed by atoms with Gasteiger partial charge in [0.25, 0.3) is 0 Å². The molecule has 0 saturated heterocycles. The molecule has 0 N–H and O–H groups in total. The molecule has 16 aromatic rings. The number of nitrogens with zero attached hydrogens (tertiary/aromatic N) is 6. The summed E-state index contributed by atoms with van der Waals surface area (Å²) in [4.78, 5) is 42.1. The van der Waals surface area contributed by atoms with Gasteiger partial charge in [-0.05, 0) is 102 Å². The molecule has 6 nitrogen and oxygen atoms in total. The highest BCUT2D eigenvalue weighted by Gasteiger charge is 2.26. The molecule has 0 aliphatic heterocycles. The lowest BCUT2D eigenvalue weighted by Gasteiger charge is -2.18. The van der Waals surface area contributed by atoms with Crippen LogP contribution in [-0.2, 0) is 0 Å². The highest BCUT2D eigenvalue weighted by Crippen LogP contribution is 2.44. The number of thiophene rings is 6. The Morgan fingerprint density at radius 2 is 0.286 bits per heavy atom. The highest BCUT2D eigenvalue weighted by molar-refractivity contribution is 7.15. The first kappa shape index (κ1) is 50.5. The Hall–Kier alpha value is -9.24. The normalized spacial score (nSPS) is 11.6. The third-order valence-corrected chi connectivity index (χ3v) is 20.7. The van der Waals surface area contributed by atoms with Crippen LogP contribution in [0.2, 0.25) is 0 Å². The summed E-state index contributed by atoms with van der Waals surface area (Å²) in [5.41, 5.74) is 20.2. The molecule has 9 aromatic heterocycles. The summed E-state index contributed by atoms with van der Waals surface area (Å²) in [6, 6.07) is 77.6. The number of rotatable bonds is 12. The van der Waals surface area contributed by atoms with E-state index in [-0.39, 0.29) is 0 Å². The lowest BCUT2D eigenvalue weighted by molar-refractivity contribution is 1.24. The van der Waals surface area contributed by atoms with Crippen LogP contribution in [0.3, 0.4) is 0 Å². The fourth-order valence-electron chi connectivity index (χ4n) is 10.9. The van der Waals surface area contributed by atoms with Crippen LogP contribution in [0.4, 0.5) is 0 Å². The number of aromatic nitrogens is 6. The summed E-state index contributed by atoms with van der Waals surface area (Å²) in [7, 11) is 0. The zero-order valence-electron chi connectivity index (χ0n) is 44.4. The Morgan fingerprint density at radius 1 is 0.155 bits per heavy atom. The molecule has 0 amide bonds. The molecule has 0 radical (unpaired) electrons. The zero-order valence-corrected chi connectivity index (χ0v) is 49.3. The molecule has 0 spiro atoms. The lowest BCUT2D eigenvalue weighted by atomic mass is 9.98. The zero-order chi connectivity index (χ0) is 55.5. The minimum Gasteiger partial charge on any atom is -0.241 e. The minimum absolute atomic E-state index is 0.582. The molecular weight excluding hydrogens is 1140 g/mol. The van der Waals surface area contributed by atoms with Gasteiger partial charge in [0.1, 0.15) is 33.1 Å². The van der Waals surface area contributed by atoms with E-state index in [9.17, 15) is 0 Å². The molecule has 0 bridgehead atoms. The monoisotopic (exact) mass is 1180 g/mol. The SMILES string of the molecule is c1csc(-c2ccc(-c3nc4c5nc(-c6ccc(-c7cccs7)cc6)c(-c6ccc(-c7cccs7)cc6)nc5c5nc(-c6ccc(-c7cccs7)cc6)c(-c6ccc(-c7cccs7)cc6)nc5c4nc3-c3ccc(-c4cccs4)cc3)cc2)c1. The molecule has 0 saturated carbocycles.